The third-order valence-corrected chi connectivity index (χ3v) is 7.20. The first kappa shape index (κ1) is 30.5. The number of benzene rings is 2. The monoisotopic (exact) mass is 532 g/mol. The molecule has 0 N–H and O–H groups in total. The van der Waals surface area contributed by atoms with Crippen LogP contribution in [0.2, 0.25) is 0 Å². The van der Waals surface area contributed by atoms with Crippen molar-refractivity contribution in [2.75, 3.05) is 0 Å². The number of halogens is 1. The molecule has 0 atom stereocenters. The standard InChI is InChI=1S/C34H45FN2O2/c1-3-5-7-9-10-11-13-15-17-28-20-23-33(30(35)24-28)39-34(38)32-26-36-31(25-37-32)29-21-18-27(19-22-29)16-14-12-8-6-4-2/h18-26H,3-17H2,1-2H3. The zero-order valence-electron chi connectivity index (χ0n) is 23.9. The van der Waals surface area contributed by atoms with Crippen LogP contribution in [0.3, 0.4) is 0 Å². The van der Waals surface area contributed by atoms with Gasteiger partial charge < -0.3 is 4.74 Å². The number of unbranched alkanes of at least 4 members (excludes halogenated alkanes) is 11. The summed E-state index contributed by atoms with van der Waals surface area (Å²) in [5.74, 6) is -1.34. The lowest BCUT2D eigenvalue weighted by Gasteiger charge is -2.08. The molecule has 0 fully saturated rings. The first-order chi connectivity index (χ1) is 19.1. The number of hydrogen-bond acceptors (Lipinski definition) is 4. The normalized spacial score (nSPS) is 11.1. The van der Waals surface area contributed by atoms with E-state index in [4.69, 9.17) is 4.74 Å². The second kappa shape index (κ2) is 17.5. The molecule has 3 rings (SSSR count). The third kappa shape index (κ3) is 10.9. The van der Waals surface area contributed by atoms with E-state index in [1.54, 1.807) is 6.20 Å². The van der Waals surface area contributed by atoms with Gasteiger partial charge in [0.2, 0.25) is 0 Å². The average Bonchev–Trinajstić information content (AvgIpc) is 2.96. The summed E-state index contributed by atoms with van der Waals surface area (Å²) in [7, 11) is 0. The van der Waals surface area contributed by atoms with Crippen LogP contribution < -0.4 is 4.74 Å². The van der Waals surface area contributed by atoms with Crippen molar-refractivity contribution in [2.24, 2.45) is 0 Å². The van der Waals surface area contributed by atoms with Gasteiger partial charge in [-0.3, -0.25) is 4.98 Å². The number of carbonyl (C=O) groups excluding carboxylic acids is 1. The van der Waals surface area contributed by atoms with Gasteiger partial charge in [0.25, 0.3) is 0 Å². The molecule has 3 aromatic rings. The Balaban J connectivity index is 1.44. The van der Waals surface area contributed by atoms with E-state index in [9.17, 15) is 9.18 Å². The number of carbonyl (C=O) groups is 1. The van der Waals surface area contributed by atoms with Crippen LogP contribution in [0, 0.1) is 5.82 Å². The summed E-state index contributed by atoms with van der Waals surface area (Å²) >= 11 is 0. The lowest BCUT2D eigenvalue weighted by molar-refractivity contribution is 0.0721. The fourth-order valence-corrected chi connectivity index (χ4v) is 4.76. The highest BCUT2D eigenvalue weighted by atomic mass is 19.1. The van der Waals surface area contributed by atoms with Crippen LogP contribution in [-0.4, -0.2) is 15.9 Å². The van der Waals surface area contributed by atoms with Crippen molar-refractivity contribution in [1.82, 2.24) is 9.97 Å². The second-order valence-electron chi connectivity index (χ2n) is 10.5. The van der Waals surface area contributed by atoms with Crippen LogP contribution in [0.1, 0.15) is 119 Å². The number of esters is 1. The van der Waals surface area contributed by atoms with Crippen LogP contribution >= 0.6 is 0 Å². The van der Waals surface area contributed by atoms with Crippen LogP contribution in [0.25, 0.3) is 11.3 Å². The molecule has 0 aliphatic carbocycles. The van der Waals surface area contributed by atoms with Crippen LogP contribution in [0.4, 0.5) is 4.39 Å². The fourth-order valence-electron chi connectivity index (χ4n) is 4.76. The van der Waals surface area contributed by atoms with Crippen LogP contribution in [0.5, 0.6) is 5.75 Å². The SMILES string of the molecule is CCCCCCCCCCc1ccc(OC(=O)c2cnc(-c3ccc(CCCCCCC)cc3)cn2)c(F)c1. The molecule has 0 unspecified atom stereocenters. The topological polar surface area (TPSA) is 52.1 Å². The molecule has 210 valence electrons. The number of aryl methyl sites for hydroxylation is 2. The largest absolute Gasteiger partial charge is 0.419 e. The Hall–Kier alpha value is -3.08. The van der Waals surface area contributed by atoms with Gasteiger partial charge in [0, 0.05) is 5.56 Å². The summed E-state index contributed by atoms with van der Waals surface area (Å²) in [6.45, 7) is 4.46. The smallest absolute Gasteiger partial charge is 0.364 e. The van der Waals surface area contributed by atoms with Crippen molar-refractivity contribution in [3.8, 4) is 17.0 Å². The van der Waals surface area contributed by atoms with E-state index >= 15 is 0 Å². The van der Waals surface area contributed by atoms with Crippen LogP contribution in [0.15, 0.2) is 54.9 Å². The number of hydrogen-bond donors (Lipinski definition) is 0. The fraction of sp³-hybridized carbons (Fsp3) is 0.500. The maximum Gasteiger partial charge on any atom is 0.364 e. The maximum atomic E-state index is 14.6. The Morgan fingerprint density at radius 3 is 1.82 bits per heavy atom. The molecule has 1 aromatic heterocycles. The van der Waals surface area contributed by atoms with Gasteiger partial charge in [0.1, 0.15) is 0 Å². The van der Waals surface area contributed by atoms with E-state index in [1.165, 1.54) is 94.5 Å². The van der Waals surface area contributed by atoms with Gasteiger partial charge in [-0.25, -0.2) is 14.2 Å². The summed E-state index contributed by atoms with van der Waals surface area (Å²) in [5, 5.41) is 0. The molecule has 0 saturated carbocycles. The molecule has 0 saturated heterocycles. The Labute approximate surface area is 234 Å². The highest BCUT2D eigenvalue weighted by molar-refractivity contribution is 5.88. The number of rotatable bonds is 18. The summed E-state index contributed by atoms with van der Waals surface area (Å²) in [5.41, 5.74) is 3.90. The van der Waals surface area contributed by atoms with Gasteiger partial charge in [0.05, 0.1) is 18.1 Å². The average molecular weight is 533 g/mol. The van der Waals surface area contributed by atoms with Crippen molar-refractivity contribution in [2.45, 2.75) is 110 Å². The van der Waals surface area contributed by atoms with Crippen LogP contribution in [-0.2, 0) is 12.8 Å². The van der Waals surface area contributed by atoms with E-state index in [0.29, 0.717) is 5.69 Å². The van der Waals surface area contributed by atoms with E-state index < -0.39 is 11.8 Å². The van der Waals surface area contributed by atoms with Crippen molar-refractivity contribution in [3.05, 3.63) is 77.5 Å². The molecule has 39 heavy (non-hydrogen) atoms. The minimum Gasteiger partial charge on any atom is -0.419 e. The lowest BCUT2D eigenvalue weighted by atomic mass is 10.0. The molecular formula is C34H45FN2O2. The van der Waals surface area contributed by atoms with Gasteiger partial charge in [-0.2, -0.15) is 0 Å². The zero-order chi connectivity index (χ0) is 27.7. The molecule has 0 amide bonds. The molecular weight excluding hydrogens is 487 g/mol. The molecule has 4 nitrogen and oxygen atoms in total. The minimum atomic E-state index is -0.720. The lowest BCUT2D eigenvalue weighted by Crippen LogP contribution is -2.12. The van der Waals surface area contributed by atoms with Crippen molar-refractivity contribution in [3.63, 3.8) is 0 Å². The van der Waals surface area contributed by atoms with E-state index in [2.05, 4.69) is 35.9 Å². The minimum absolute atomic E-state index is 0.0462. The second-order valence-corrected chi connectivity index (χ2v) is 10.5. The van der Waals surface area contributed by atoms with Gasteiger partial charge in [-0.15, -0.1) is 0 Å². The molecule has 1 heterocycles. The van der Waals surface area contributed by atoms with Gasteiger partial charge >= 0.3 is 5.97 Å². The predicted octanol–water partition coefficient (Wildman–Crippen LogP) is 9.70. The summed E-state index contributed by atoms with van der Waals surface area (Å²) in [6.07, 6.45) is 21.1. The van der Waals surface area contributed by atoms with E-state index in [1.807, 2.05) is 18.2 Å². The third-order valence-electron chi connectivity index (χ3n) is 7.20. The Kier molecular flexibility index (Phi) is 13.7. The first-order valence-corrected chi connectivity index (χ1v) is 15.0. The van der Waals surface area contributed by atoms with Crippen molar-refractivity contribution in [1.29, 1.82) is 0 Å². The number of aromatic nitrogens is 2. The van der Waals surface area contributed by atoms with Crippen molar-refractivity contribution < 1.29 is 13.9 Å². The first-order valence-electron chi connectivity index (χ1n) is 15.0. The quantitative estimate of drug-likeness (QED) is 0.0929. The molecule has 2 aromatic carbocycles. The van der Waals surface area contributed by atoms with Gasteiger partial charge in [-0.05, 0) is 48.9 Å². The summed E-state index contributed by atoms with van der Waals surface area (Å²) < 4.78 is 19.9. The zero-order valence-corrected chi connectivity index (χ0v) is 23.9. The highest BCUT2D eigenvalue weighted by Gasteiger charge is 2.15. The highest BCUT2D eigenvalue weighted by Crippen LogP contribution is 2.22. The Morgan fingerprint density at radius 1 is 0.692 bits per heavy atom. The molecule has 0 bridgehead atoms. The Bertz CT molecular complexity index is 1110. The maximum absolute atomic E-state index is 14.6. The molecule has 0 aliphatic rings. The molecule has 0 spiro atoms. The van der Waals surface area contributed by atoms with E-state index in [-0.39, 0.29) is 11.4 Å². The summed E-state index contributed by atoms with van der Waals surface area (Å²) in [4.78, 5) is 21.2. The van der Waals surface area contributed by atoms with Gasteiger partial charge in [-0.1, -0.05) is 115 Å². The summed E-state index contributed by atoms with van der Waals surface area (Å²) in [6, 6.07) is 13.1. The van der Waals surface area contributed by atoms with E-state index in [0.717, 1.165) is 36.8 Å². The number of ether oxygens (including phenoxy) is 1. The molecule has 5 heteroatoms. The molecule has 0 aliphatic heterocycles. The number of nitrogens with zero attached hydrogens (tertiary/aromatic N) is 2. The predicted molar refractivity (Wildman–Crippen MR) is 158 cm³/mol. The Morgan fingerprint density at radius 2 is 1.26 bits per heavy atom. The van der Waals surface area contributed by atoms with Gasteiger partial charge in [0.15, 0.2) is 17.3 Å². The van der Waals surface area contributed by atoms with Crippen molar-refractivity contribution >= 4 is 5.97 Å². The molecule has 0 radical (unpaired) electrons.